The zero-order valence-corrected chi connectivity index (χ0v) is 13.3. The van der Waals surface area contributed by atoms with E-state index in [1.165, 1.54) is 24.4 Å². The minimum Gasteiger partial charge on any atom is -0.457 e. The Bertz CT molecular complexity index is 1050. The summed E-state index contributed by atoms with van der Waals surface area (Å²) in [4.78, 5) is 37.7. The van der Waals surface area contributed by atoms with Crippen molar-refractivity contribution in [2.75, 3.05) is 0 Å². The molecule has 3 rings (SSSR count). The molecule has 0 atom stereocenters. The molecule has 6 nitrogen and oxygen atoms in total. The van der Waals surface area contributed by atoms with E-state index >= 15 is 0 Å². The molecule has 0 fully saturated rings. The number of aryl methyl sites for hydroxylation is 1. The number of esters is 1. The number of H-pyrrole nitrogens is 1. The van der Waals surface area contributed by atoms with Crippen LogP contribution in [0.25, 0.3) is 11.0 Å². The van der Waals surface area contributed by atoms with Gasteiger partial charge in [0.15, 0.2) is 0 Å². The van der Waals surface area contributed by atoms with Crippen molar-refractivity contribution >= 4 is 28.5 Å². The maximum absolute atomic E-state index is 12.0. The number of ether oxygens (including phenoxy) is 1. The molecule has 0 amide bonds. The molecular weight excluding hydrogens is 334 g/mol. The van der Waals surface area contributed by atoms with Crippen molar-refractivity contribution in [2.45, 2.75) is 13.5 Å². The summed E-state index contributed by atoms with van der Waals surface area (Å²) in [5.74, 6) is -0.781. The van der Waals surface area contributed by atoms with E-state index < -0.39 is 17.2 Å². The van der Waals surface area contributed by atoms with Crippen LogP contribution in [0.4, 0.5) is 0 Å². The van der Waals surface area contributed by atoms with E-state index in [-0.39, 0.29) is 12.2 Å². The minimum atomic E-state index is -0.781. The van der Waals surface area contributed by atoms with Crippen molar-refractivity contribution in [2.24, 2.45) is 0 Å². The number of carbonyl (C=O) groups excluding carboxylic acids is 1. The molecule has 0 spiro atoms. The third-order valence-electron chi connectivity index (χ3n) is 3.51. The predicted octanol–water partition coefficient (Wildman–Crippen LogP) is 2.80. The number of nitrogens with one attached hydrogen (secondary N) is 1. The largest absolute Gasteiger partial charge is 0.457 e. The first-order valence-corrected chi connectivity index (χ1v) is 7.41. The van der Waals surface area contributed by atoms with E-state index in [1.807, 2.05) is 0 Å². The van der Waals surface area contributed by atoms with Gasteiger partial charge in [0.25, 0.3) is 5.56 Å². The minimum absolute atomic E-state index is 0.112. The van der Waals surface area contributed by atoms with E-state index in [2.05, 4.69) is 4.98 Å². The molecule has 0 saturated carbocycles. The molecule has 0 aliphatic carbocycles. The molecule has 24 heavy (non-hydrogen) atoms. The third kappa shape index (κ3) is 3.09. The Hall–Kier alpha value is -2.86. The highest BCUT2D eigenvalue weighted by molar-refractivity contribution is 6.32. The number of fused-ring (bicyclic) bond motifs is 1. The topological polar surface area (TPSA) is 89.4 Å². The Morgan fingerprint density at radius 1 is 1.29 bits per heavy atom. The van der Waals surface area contributed by atoms with Gasteiger partial charge in [0, 0.05) is 28.2 Å². The average Bonchev–Trinajstić information content (AvgIpc) is 2.54. The molecule has 0 aliphatic rings. The summed E-state index contributed by atoms with van der Waals surface area (Å²) in [6.45, 7) is 1.60. The molecule has 0 saturated heterocycles. The highest BCUT2D eigenvalue weighted by Crippen LogP contribution is 2.25. The van der Waals surface area contributed by atoms with Crippen LogP contribution in [0, 0.1) is 6.92 Å². The van der Waals surface area contributed by atoms with Crippen LogP contribution in [-0.2, 0) is 11.3 Å². The van der Waals surface area contributed by atoms with Crippen molar-refractivity contribution in [1.29, 1.82) is 0 Å². The number of aromatic amines is 1. The predicted molar refractivity (Wildman–Crippen MR) is 88.4 cm³/mol. The summed E-state index contributed by atoms with van der Waals surface area (Å²) in [5.41, 5.74) is 0.347. The number of aromatic nitrogens is 1. The van der Waals surface area contributed by atoms with Gasteiger partial charge in [-0.2, -0.15) is 0 Å². The van der Waals surface area contributed by atoms with Crippen LogP contribution in [0.15, 0.2) is 50.5 Å². The Balaban J connectivity index is 1.94. The average molecular weight is 346 g/mol. The van der Waals surface area contributed by atoms with Gasteiger partial charge >= 0.3 is 11.6 Å². The molecule has 2 heterocycles. The molecule has 1 N–H and O–H groups in total. The first kappa shape index (κ1) is 16.0. The van der Waals surface area contributed by atoms with Gasteiger partial charge in [-0.25, -0.2) is 9.59 Å². The summed E-state index contributed by atoms with van der Waals surface area (Å²) >= 11 is 6.11. The number of hydrogen-bond donors (Lipinski definition) is 1. The molecule has 3 aromatic rings. The van der Waals surface area contributed by atoms with Crippen LogP contribution in [-0.4, -0.2) is 11.0 Å². The van der Waals surface area contributed by atoms with Gasteiger partial charge in [-0.1, -0.05) is 11.6 Å². The fraction of sp³-hybridized carbons (Fsp3) is 0.118. The molecule has 0 bridgehead atoms. The summed E-state index contributed by atoms with van der Waals surface area (Å²) in [5, 5.41) is 1.07. The quantitative estimate of drug-likeness (QED) is 0.582. The Morgan fingerprint density at radius 2 is 2.08 bits per heavy atom. The molecule has 7 heteroatoms. The van der Waals surface area contributed by atoms with Gasteiger partial charge in [0.2, 0.25) is 0 Å². The van der Waals surface area contributed by atoms with Crippen LogP contribution in [0.5, 0.6) is 0 Å². The summed E-state index contributed by atoms with van der Waals surface area (Å²) < 4.78 is 10.3. The van der Waals surface area contributed by atoms with Crippen LogP contribution >= 0.6 is 11.6 Å². The standard InChI is InChI=1S/C17H12ClNO5/c1-9-5-14-12(7-13(9)18)10(6-15(20)24-14)8-23-17(22)11-3-2-4-19-16(11)21/h2-7H,8H2,1H3,(H,19,21). The Labute approximate surface area is 140 Å². The zero-order valence-electron chi connectivity index (χ0n) is 12.6. The lowest BCUT2D eigenvalue weighted by Crippen LogP contribution is -2.19. The maximum atomic E-state index is 12.0. The fourth-order valence-electron chi connectivity index (χ4n) is 2.27. The molecular formula is C17H12ClNO5. The monoisotopic (exact) mass is 345 g/mol. The Kier molecular flexibility index (Phi) is 4.22. The lowest BCUT2D eigenvalue weighted by atomic mass is 10.1. The SMILES string of the molecule is Cc1cc2oc(=O)cc(COC(=O)c3ccc[nH]c3=O)c2cc1Cl. The van der Waals surface area contributed by atoms with E-state index in [0.29, 0.717) is 21.6 Å². The molecule has 0 unspecified atom stereocenters. The first-order chi connectivity index (χ1) is 11.5. The molecule has 0 aliphatic heterocycles. The smallest absolute Gasteiger partial charge is 0.344 e. The van der Waals surface area contributed by atoms with E-state index in [1.54, 1.807) is 19.1 Å². The number of carbonyl (C=O) groups is 1. The molecule has 1 aromatic carbocycles. The second-order valence-electron chi connectivity index (χ2n) is 5.18. The highest BCUT2D eigenvalue weighted by Gasteiger charge is 2.14. The van der Waals surface area contributed by atoms with Gasteiger partial charge in [0.1, 0.15) is 17.8 Å². The fourth-order valence-corrected chi connectivity index (χ4v) is 2.43. The number of rotatable bonds is 3. The number of hydrogen-bond acceptors (Lipinski definition) is 5. The summed E-state index contributed by atoms with van der Waals surface area (Å²) in [7, 11) is 0. The van der Waals surface area contributed by atoms with Crippen LogP contribution in [0.3, 0.4) is 0 Å². The highest BCUT2D eigenvalue weighted by atomic mass is 35.5. The molecule has 0 radical (unpaired) electrons. The van der Waals surface area contributed by atoms with Crippen LogP contribution in [0.1, 0.15) is 21.5 Å². The maximum Gasteiger partial charge on any atom is 0.344 e. The normalized spacial score (nSPS) is 10.8. The lowest BCUT2D eigenvalue weighted by Gasteiger charge is -2.08. The van der Waals surface area contributed by atoms with Crippen molar-refractivity contribution in [1.82, 2.24) is 4.98 Å². The third-order valence-corrected chi connectivity index (χ3v) is 3.91. The van der Waals surface area contributed by atoms with Gasteiger partial charge in [-0.15, -0.1) is 0 Å². The van der Waals surface area contributed by atoms with Crippen molar-refractivity contribution in [3.63, 3.8) is 0 Å². The summed E-state index contributed by atoms with van der Waals surface area (Å²) in [6, 6.07) is 7.41. The van der Waals surface area contributed by atoms with E-state index in [0.717, 1.165) is 5.56 Å². The second-order valence-corrected chi connectivity index (χ2v) is 5.58. The van der Waals surface area contributed by atoms with Gasteiger partial charge < -0.3 is 14.1 Å². The number of halogens is 1. The van der Waals surface area contributed by atoms with Gasteiger partial charge in [-0.05, 0) is 36.8 Å². The Morgan fingerprint density at radius 3 is 2.83 bits per heavy atom. The van der Waals surface area contributed by atoms with E-state index in [9.17, 15) is 14.4 Å². The van der Waals surface area contributed by atoms with Crippen molar-refractivity contribution in [3.8, 4) is 0 Å². The van der Waals surface area contributed by atoms with Crippen LogP contribution in [0.2, 0.25) is 5.02 Å². The zero-order chi connectivity index (χ0) is 17.3. The first-order valence-electron chi connectivity index (χ1n) is 7.03. The second kappa shape index (κ2) is 6.33. The van der Waals surface area contributed by atoms with Gasteiger partial charge in [0.05, 0.1) is 0 Å². The lowest BCUT2D eigenvalue weighted by molar-refractivity contribution is 0.0471. The van der Waals surface area contributed by atoms with Gasteiger partial charge in [-0.3, -0.25) is 4.79 Å². The van der Waals surface area contributed by atoms with Crippen molar-refractivity contribution in [3.05, 3.63) is 79.0 Å². The van der Waals surface area contributed by atoms with E-state index in [4.69, 9.17) is 20.8 Å². The molecule has 2 aromatic heterocycles. The number of pyridine rings is 1. The summed E-state index contributed by atoms with van der Waals surface area (Å²) in [6.07, 6.45) is 1.42. The van der Waals surface area contributed by atoms with Crippen LogP contribution < -0.4 is 11.2 Å². The molecule has 122 valence electrons. The number of benzene rings is 1. The van der Waals surface area contributed by atoms with Crippen molar-refractivity contribution < 1.29 is 13.9 Å².